The first-order chi connectivity index (χ1) is 13.3. The van der Waals surface area contributed by atoms with E-state index in [2.05, 4.69) is 37.4 Å². The van der Waals surface area contributed by atoms with Crippen molar-refractivity contribution in [2.24, 2.45) is 5.41 Å². The molecule has 2 aliphatic rings. The Morgan fingerprint density at radius 3 is 2.57 bits per heavy atom. The minimum atomic E-state index is -0.418. The van der Waals surface area contributed by atoms with E-state index >= 15 is 0 Å². The van der Waals surface area contributed by atoms with E-state index in [-0.39, 0.29) is 11.2 Å². The number of dihydropyridines is 1. The molecule has 0 unspecified atom stereocenters. The zero-order valence-electron chi connectivity index (χ0n) is 16.8. The number of ether oxygens (including phenoxy) is 1. The van der Waals surface area contributed by atoms with Gasteiger partial charge in [-0.1, -0.05) is 56.3 Å². The van der Waals surface area contributed by atoms with Crippen LogP contribution in [0.3, 0.4) is 0 Å². The van der Waals surface area contributed by atoms with Crippen LogP contribution in [0.5, 0.6) is 0 Å². The highest BCUT2D eigenvalue weighted by atomic mass is 16.5. The smallest absolute Gasteiger partial charge is 0.336 e. The number of benzene rings is 2. The summed E-state index contributed by atoms with van der Waals surface area (Å²) in [5, 5.41) is 5.50. The maximum absolute atomic E-state index is 13.3. The van der Waals surface area contributed by atoms with E-state index in [1.807, 2.05) is 31.2 Å². The molecular weight excluding hydrogens is 350 g/mol. The van der Waals surface area contributed by atoms with Gasteiger partial charge in [-0.15, -0.1) is 0 Å². The molecule has 0 fully saturated rings. The van der Waals surface area contributed by atoms with Gasteiger partial charge in [-0.05, 0) is 35.1 Å². The standard InChI is InChI=1S/C24H25NO3/c1-14-20(23(27)28-4)21(17-11-7-9-15-8-5-6-10-16(15)17)22-18(25-14)12-24(2,3)13-19(22)26/h5-11,21,25H,12-13H2,1-4H3/t21-/m1/s1. The lowest BCUT2D eigenvalue weighted by Crippen LogP contribution is -2.38. The van der Waals surface area contributed by atoms with Crippen LogP contribution < -0.4 is 5.32 Å². The summed E-state index contributed by atoms with van der Waals surface area (Å²) >= 11 is 0. The summed E-state index contributed by atoms with van der Waals surface area (Å²) in [6.07, 6.45) is 1.25. The van der Waals surface area contributed by atoms with Crippen LogP contribution in [0.1, 0.15) is 45.1 Å². The van der Waals surface area contributed by atoms with Crippen LogP contribution >= 0.6 is 0 Å². The normalized spacial score (nSPS) is 21.4. The highest BCUT2D eigenvalue weighted by molar-refractivity contribution is 6.05. The van der Waals surface area contributed by atoms with Gasteiger partial charge in [0.05, 0.1) is 12.7 Å². The van der Waals surface area contributed by atoms with Crippen LogP contribution in [-0.2, 0) is 14.3 Å². The van der Waals surface area contributed by atoms with Crippen molar-refractivity contribution in [3.8, 4) is 0 Å². The van der Waals surface area contributed by atoms with E-state index < -0.39 is 11.9 Å². The lowest BCUT2D eigenvalue weighted by Gasteiger charge is -2.39. The number of carbonyl (C=O) groups excluding carboxylic acids is 2. The van der Waals surface area contributed by atoms with Crippen LogP contribution in [0, 0.1) is 5.41 Å². The molecule has 0 spiro atoms. The number of allylic oxidation sites excluding steroid dienone is 3. The van der Waals surface area contributed by atoms with Crippen LogP contribution in [0.4, 0.5) is 0 Å². The SMILES string of the molecule is COC(=O)C1=C(C)NC2=C(C(=O)CC(C)(C)C2)[C@@H]1c1cccc2ccccc12. The largest absolute Gasteiger partial charge is 0.466 e. The van der Waals surface area contributed by atoms with E-state index in [0.717, 1.165) is 34.2 Å². The Balaban J connectivity index is 2.00. The molecule has 0 saturated heterocycles. The highest BCUT2D eigenvalue weighted by Crippen LogP contribution is 2.47. The molecule has 1 aliphatic heterocycles. The van der Waals surface area contributed by atoms with Gasteiger partial charge in [0.15, 0.2) is 5.78 Å². The molecule has 0 aromatic heterocycles. The molecule has 144 valence electrons. The van der Waals surface area contributed by atoms with Crippen molar-refractivity contribution < 1.29 is 14.3 Å². The summed E-state index contributed by atoms with van der Waals surface area (Å²) in [4.78, 5) is 26.0. The molecule has 2 aromatic carbocycles. The fourth-order valence-electron chi connectivity index (χ4n) is 4.63. The summed E-state index contributed by atoms with van der Waals surface area (Å²) in [7, 11) is 1.39. The number of carbonyl (C=O) groups is 2. The maximum Gasteiger partial charge on any atom is 0.336 e. The molecule has 1 atom stereocenters. The molecule has 1 heterocycles. The minimum absolute atomic E-state index is 0.102. The van der Waals surface area contributed by atoms with Gasteiger partial charge >= 0.3 is 5.97 Å². The Labute approximate surface area is 165 Å². The van der Waals surface area contributed by atoms with Crippen molar-refractivity contribution in [3.63, 3.8) is 0 Å². The van der Waals surface area contributed by atoms with Gasteiger partial charge in [-0.25, -0.2) is 4.79 Å². The molecule has 4 rings (SSSR count). The van der Waals surface area contributed by atoms with Crippen molar-refractivity contribution in [3.05, 3.63) is 70.6 Å². The summed E-state index contributed by atoms with van der Waals surface area (Å²) < 4.78 is 5.11. The van der Waals surface area contributed by atoms with Gasteiger partial charge in [-0.3, -0.25) is 4.79 Å². The zero-order valence-corrected chi connectivity index (χ0v) is 16.8. The monoisotopic (exact) mass is 375 g/mol. The average molecular weight is 375 g/mol. The second kappa shape index (κ2) is 6.62. The number of fused-ring (bicyclic) bond motifs is 1. The molecule has 1 N–H and O–H groups in total. The first-order valence-corrected chi connectivity index (χ1v) is 9.62. The zero-order chi connectivity index (χ0) is 20.1. The number of ketones is 1. The number of esters is 1. The molecule has 4 nitrogen and oxygen atoms in total. The van der Waals surface area contributed by atoms with Gasteiger partial charge < -0.3 is 10.1 Å². The molecule has 28 heavy (non-hydrogen) atoms. The fraction of sp³-hybridized carbons (Fsp3) is 0.333. The van der Waals surface area contributed by atoms with Crippen molar-refractivity contribution in [1.82, 2.24) is 5.32 Å². The Bertz CT molecular complexity index is 1050. The third-order valence-corrected chi connectivity index (χ3v) is 5.78. The van der Waals surface area contributed by atoms with E-state index in [9.17, 15) is 9.59 Å². The van der Waals surface area contributed by atoms with Crippen LogP contribution in [0.15, 0.2) is 65.0 Å². The van der Waals surface area contributed by atoms with Crippen LogP contribution in [-0.4, -0.2) is 18.9 Å². The molecular formula is C24H25NO3. The fourth-order valence-corrected chi connectivity index (χ4v) is 4.63. The average Bonchev–Trinajstić information content (AvgIpc) is 2.65. The van der Waals surface area contributed by atoms with Crippen molar-refractivity contribution in [2.75, 3.05) is 7.11 Å². The highest BCUT2D eigenvalue weighted by Gasteiger charge is 2.43. The second-order valence-electron chi connectivity index (χ2n) is 8.49. The maximum atomic E-state index is 13.3. The Morgan fingerprint density at radius 1 is 1.11 bits per heavy atom. The molecule has 0 bridgehead atoms. The molecule has 0 amide bonds. The lowest BCUT2D eigenvalue weighted by molar-refractivity contribution is -0.136. The summed E-state index contributed by atoms with van der Waals surface area (Å²) in [6, 6.07) is 14.1. The molecule has 0 radical (unpaired) electrons. The van der Waals surface area contributed by atoms with Crippen LogP contribution in [0.2, 0.25) is 0 Å². The van der Waals surface area contributed by atoms with E-state index in [4.69, 9.17) is 4.74 Å². The molecule has 0 saturated carbocycles. The number of hydrogen-bond donors (Lipinski definition) is 1. The van der Waals surface area contributed by atoms with Gasteiger partial charge in [0.1, 0.15) is 0 Å². The summed E-state index contributed by atoms with van der Waals surface area (Å²) in [5.74, 6) is -0.712. The number of nitrogens with one attached hydrogen (secondary N) is 1. The third kappa shape index (κ3) is 2.93. The van der Waals surface area contributed by atoms with Gasteiger partial charge in [0, 0.05) is 29.3 Å². The second-order valence-corrected chi connectivity index (χ2v) is 8.49. The van der Waals surface area contributed by atoms with Crippen molar-refractivity contribution in [2.45, 2.75) is 39.5 Å². The number of Topliss-reactive ketones (excluding diaryl/α,β-unsaturated/α-hetero) is 1. The summed E-state index contributed by atoms with van der Waals surface area (Å²) in [5.41, 5.74) is 3.79. The van der Waals surface area contributed by atoms with Crippen molar-refractivity contribution >= 4 is 22.5 Å². The Kier molecular flexibility index (Phi) is 4.37. The first-order valence-electron chi connectivity index (χ1n) is 9.62. The predicted octanol–water partition coefficient (Wildman–Crippen LogP) is 4.62. The Hall–Kier alpha value is -2.88. The molecule has 1 aliphatic carbocycles. The van der Waals surface area contributed by atoms with E-state index in [0.29, 0.717) is 17.6 Å². The number of rotatable bonds is 2. The van der Waals surface area contributed by atoms with Crippen molar-refractivity contribution in [1.29, 1.82) is 0 Å². The van der Waals surface area contributed by atoms with E-state index in [1.54, 1.807) is 0 Å². The Morgan fingerprint density at radius 2 is 1.82 bits per heavy atom. The molecule has 4 heteroatoms. The van der Waals surface area contributed by atoms with Gasteiger partial charge in [-0.2, -0.15) is 0 Å². The van der Waals surface area contributed by atoms with Crippen LogP contribution in [0.25, 0.3) is 10.8 Å². The topological polar surface area (TPSA) is 55.4 Å². The predicted molar refractivity (Wildman–Crippen MR) is 110 cm³/mol. The lowest BCUT2D eigenvalue weighted by atomic mass is 9.68. The number of hydrogen-bond acceptors (Lipinski definition) is 4. The quantitative estimate of drug-likeness (QED) is 0.779. The molecule has 2 aromatic rings. The third-order valence-electron chi connectivity index (χ3n) is 5.78. The summed E-state index contributed by atoms with van der Waals surface area (Å²) in [6.45, 7) is 6.11. The van der Waals surface area contributed by atoms with E-state index in [1.165, 1.54) is 7.11 Å². The minimum Gasteiger partial charge on any atom is -0.466 e. The van der Waals surface area contributed by atoms with Gasteiger partial charge in [0.25, 0.3) is 0 Å². The number of methoxy groups -OCH3 is 1. The van der Waals surface area contributed by atoms with Gasteiger partial charge in [0.2, 0.25) is 0 Å². The first kappa shape index (κ1) is 18.5.